The zero-order valence-electron chi connectivity index (χ0n) is 12.8. The number of nitrogens with one attached hydrogen (secondary N) is 1. The molecule has 21 heavy (non-hydrogen) atoms. The zero-order chi connectivity index (χ0) is 15.2. The predicted octanol–water partition coefficient (Wildman–Crippen LogP) is 3.56. The summed E-state index contributed by atoms with van der Waals surface area (Å²) >= 11 is 5.13. The third-order valence-corrected chi connectivity index (χ3v) is 4.78. The molecule has 0 saturated carbocycles. The van der Waals surface area contributed by atoms with Crippen LogP contribution in [0.5, 0.6) is 0 Å². The second-order valence-electron chi connectivity index (χ2n) is 4.91. The quantitative estimate of drug-likeness (QED) is 0.770. The molecular weight excluding hydrogens is 350 g/mol. The van der Waals surface area contributed by atoms with Crippen molar-refractivity contribution >= 4 is 27.5 Å². The minimum absolute atomic E-state index is 0.100. The van der Waals surface area contributed by atoms with Crippen LogP contribution in [-0.2, 0) is 13.0 Å². The van der Waals surface area contributed by atoms with E-state index in [0.717, 1.165) is 48.2 Å². The van der Waals surface area contributed by atoms with Crippen molar-refractivity contribution in [2.24, 2.45) is 0 Å². The van der Waals surface area contributed by atoms with Gasteiger partial charge in [-0.2, -0.15) is 5.10 Å². The van der Waals surface area contributed by atoms with Crippen molar-refractivity contribution in [3.63, 3.8) is 0 Å². The molecule has 0 saturated heterocycles. The van der Waals surface area contributed by atoms with E-state index >= 15 is 0 Å². The van der Waals surface area contributed by atoms with Gasteiger partial charge in [0.15, 0.2) is 0 Å². The van der Waals surface area contributed by atoms with Crippen molar-refractivity contribution in [2.45, 2.75) is 52.6 Å². The van der Waals surface area contributed by atoms with Gasteiger partial charge >= 0.3 is 0 Å². The van der Waals surface area contributed by atoms with Crippen LogP contribution in [0.3, 0.4) is 0 Å². The summed E-state index contributed by atoms with van der Waals surface area (Å²) in [6, 6.07) is 0.100. The smallest absolute Gasteiger partial charge is 0.0888 e. The minimum Gasteiger partial charge on any atom is -0.304 e. The molecule has 2 aromatic heterocycles. The molecule has 2 aromatic rings. The zero-order valence-corrected chi connectivity index (χ0v) is 15.2. The van der Waals surface area contributed by atoms with Crippen molar-refractivity contribution in [2.75, 3.05) is 6.54 Å². The lowest BCUT2D eigenvalue weighted by atomic mass is 10.1. The Hall–Kier alpha value is -0.790. The lowest BCUT2D eigenvalue weighted by molar-refractivity contribution is 0.529. The first kappa shape index (κ1) is 16.6. The fourth-order valence-electron chi connectivity index (χ4n) is 2.36. The van der Waals surface area contributed by atoms with E-state index < -0.39 is 0 Å². The number of hydrogen-bond acceptors (Lipinski definition) is 5. The number of rotatable bonds is 8. The molecule has 0 fully saturated rings. The maximum absolute atomic E-state index is 4.44. The highest BCUT2D eigenvalue weighted by Crippen LogP contribution is 2.32. The van der Waals surface area contributed by atoms with Crippen molar-refractivity contribution in [1.82, 2.24) is 24.7 Å². The highest BCUT2D eigenvalue weighted by molar-refractivity contribution is 9.10. The number of aromatic nitrogens is 4. The molecule has 0 radical (unpaired) electrons. The Kier molecular flexibility index (Phi) is 6.32. The fraction of sp³-hybridized carbons (Fsp3) is 0.643. The average molecular weight is 372 g/mol. The number of halogens is 1. The van der Waals surface area contributed by atoms with E-state index in [9.17, 15) is 0 Å². The van der Waals surface area contributed by atoms with Gasteiger partial charge in [-0.15, -0.1) is 5.10 Å². The Morgan fingerprint density at radius 3 is 2.81 bits per heavy atom. The molecule has 116 valence electrons. The van der Waals surface area contributed by atoms with Gasteiger partial charge in [0.1, 0.15) is 0 Å². The summed E-state index contributed by atoms with van der Waals surface area (Å²) in [6.45, 7) is 8.26. The Labute approximate surface area is 138 Å². The first-order chi connectivity index (χ1) is 10.2. The summed E-state index contributed by atoms with van der Waals surface area (Å²) in [5.74, 6) is 0. The van der Waals surface area contributed by atoms with Crippen molar-refractivity contribution in [3.8, 4) is 0 Å². The second kappa shape index (κ2) is 8.00. The van der Waals surface area contributed by atoms with Crippen LogP contribution in [0.1, 0.15) is 55.9 Å². The number of nitrogens with zero attached hydrogens (tertiary/aromatic N) is 4. The molecule has 0 bridgehead atoms. The summed E-state index contributed by atoms with van der Waals surface area (Å²) in [6.07, 6.45) is 5.00. The van der Waals surface area contributed by atoms with Crippen LogP contribution in [0.4, 0.5) is 0 Å². The third kappa shape index (κ3) is 3.70. The largest absolute Gasteiger partial charge is 0.304 e. The molecule has 0 aliphatic heterocycles. The maximum atomic E-state index is 4.44. The van der Waals surface area contributed by atoms with Gasteiger partial charge < -0.3 is 5.32 Å². The van der Waals surface area contributed by atoms with Crippen LogP contribution in [-0.4, -0.2) is 25.9 Å². The highest BCUT2D eigenvalue weighted by Gasteiger charge is 2.25. The Morgan fingerprint density at radius 1 is 1.33 bits per heavy atom. The number of aryl methyl sites for hydroxylation is 2. The van der Waals surface area contributed by atoms with Crippen LogP contribution >= 0.6 is 27.5 Å². The van der Waals surface area contributed by atoms with E-state index in [1.54, 1.807) is 0 Å². The monoisotopic (exact) mass is 371 g/mol. The first-order valence-electron chi connectivity index (χ1n) is 7.48. The van der Waals surface area contributed by atoms with Gasteiger partial charge in [0.05, 0.1) is 33.0 Å². The SMILES string of the molecule is CCCNC(c1snnc1CCC)c1c(Br)cnn1CC. The Morgan fingerprint density at radius 2 is 2.14 bits per heavy atom. The lowest BCUT2D eigenvalue weighted by Crippen LogP contribution is -2.26. The van der Waals surface area contributed by atoms with Gasteiger partial charge in [0.2, 0.25) is 0 Å². The molecule has 0 aliphatic rings. The van der Waals surface area contributed by atoms with E-state index in [0.29, 0.717) is 0 Å². The van der Waals surface area contributed by atoms with Crippen LogP contribution in [0.2, 0.25) is 0 Å². The van der Waals surface area contributed by atoms with Crippen LogP contribution in [0.25, 0.3) is 0 Å². The minimum atomic E-state index is 0.100. The normalized spacial score (nSPS) is 12.8. The van der Waals surface area contributed by atoms with Gasteiger partial charge in [-0.3, -0.25) is 4.68 Å². The van der Waals surface area contributed by atoms with Crippen LogP contribution < -0.4 is 5.32 Å². The van der Waals surface area contributed by atoms with E-state index in [-0.39, 0.29) is 6.04 Å². The first-order valence-corrected chi connectivity index (χ1v) is 9.05. The van der Waals surface area contributed by atoms with Gasteiger partial charge in [-0.1, -0.05) is 24.8 Å². The maximum Gasteiger partial charge on any atom is 0.0888 e. The molecule has 5 nitrogen and oxygen atoms in total. The predicted molar refractivity (Wildman–Crippen MR) is 89.6 cm³/mol. The van der Waals surface area contributed by atoms with E-state index in [2.05, 4.69) is 56.7 Å². The average Bonchev–Trinajstić information content (AvgIpc) is 3.08. The molecule has 1 atom stereocenters. The highest BCUT2D eigenvalue weighted by atomic mass is 79.9. The molecule has 0 amide bonds. The topological polar surface area (TPSA) is 55.6 Å². The van der Waals surface area contributed by atoms with E-state index in [4.69, 9.17) is 0 Å². The lowest BCUT2D eigenvalue weighted by Gasteiger charge is -2.19. The fourth-order valence-corrected chi connectivity index (χ4v) is 3.66. The van der Waals surface area contributed by atoms with E-state index in [1.165, 1.54) is 16.4 Å². The van der Waals surface area contributed by atoms with Gasteiger partial charge in [0, 0.05) is 6.54 Å². The van der Waals surface area contributed by atoms with Crippen LogP contribution in [0, 0.1) is 0 Å². The van der Waals surface area contributed by atoms with Crippen LogP contribution in [0.15, 0.2) is 10.7 Å². The third-order valence-electron chi connectivity index (χ3n) is 3.34. The molecule has 2 rings (SSSR count). The Balaban J connectivity index is 2.42. The van der Waals surface area contributed by atoms with Gasteiger partial charge in [0.25, 0.3) is 0 Å². The second-order valence-corrected chi connectivity index (χ2v) is 6.55. The molecule has 7 heteroatoms. The molecular formula is C14H22BrN5S. The van der Waals surface area contributed by atoms with E-state index in [1.807, 2.05) is 10.9 Å². The molecule has 1 N–H and O–H groups in total. The summed E-state index contributed by atoms with van der Waals surface area (Å²) in [7, 11) is 0. The summed E-state index contributed by atoms with van der Waals surface area (Å²) in [5.41, 5.74) is 2.27. The number of hydrogen-bond donors (Lipinski definition) is 1. The molecule has 2 heterocycles. The summed E-state index contributed by atoms with van der Waals surface area (Å²) < 4.78 is 7.24. The van der Waals surface area contributed by atoms with Crippen molar-refractivity contribution < 1.29 is 0 Å². The molecule has 1 unspecified atom stereocenters. The summed E-state index contributed by atoms with van der Waals surface area (Å²) in [5, 5.41) is 12.4. The van der Waals surface area contributed by atoms with Gasteiger partial charge in [-0.05, 0) is 53.8 Å². The van der Waals surface area contributed by atoms with Crippen molar-refractivity contribution in [1.29, 1.82) is 0 Å². The molecule has 0 spiro atoms. The van der Waals surface area contributed by atoms with Crippen molar-refractivity contribution in [3.05, 3.63) is 26.9 Å². The Bertz CT molecular complexity index is 565. The summed E-state index contributed by atoms with van der Waals surface area (Å²) in [4.78, 5) is 1.21. The standard InChI is InChI=1S/C14H22BrN5S/c1-4-7-11-14(21-19-18-11)12(16-8-5-2)13-10(15)9-17-20(13)6-3/h9,12,16H,4-8H2,1-3H3. The molecule has 0 aliphatic carbocycles. The van der Waals surface area contributed by atoms with Gasteiger partial charge in [-0.25, -0.2) is 0 Å². The molecule has 0 aromatic carbocycles.